The largest absolute Gasteiger partial charge is 0.573 e. The molecule has 1 aromatic heterocycles. The molecule has 0 aliphatic carbocycles. The van der Waals surface area contributed by atoms with Crippen molar-refractivity contribution in [2.45, 2.75) is 12.8 Å². The van der Waals surface area contributed by atoms with Gasteiger partial charge in [-0.2, -0.15) is 0 Å². The third-order valence-electron chi connectivity index (χ3n) is 2.53. The Morgan fingerprint density at radius 2 is 1.81 bits per heavy atom. The number of alkyl halides is 3. The molecular formula is C14H9ClF3NO2. The van der Waals surface area contributed by atoms with Crippen LogP contribution in [-0.2, 0) is 6.42 Å². The van der Waals surface area contributed by atoms with Crippen LogP contribution in [-0.4, -0.2) is 17.1 Å². The molecule has 2 aromatic rings. The molecule has 0 fully saturated rings. The Labute approximate surface area is 123 Å². The zero-order chi connectivity index (χ0) is 15.5. The van der Waals surface area contributed by atoms with Crippen molar-refractivity contribution in [1.29, 1.82) is 0 Å². The van der Waals surface area contributed by atoms with Gasteiger partial charge in [-0.3, -0.25) is 9.78 Å². The van der Waals surface area contributed by atoms with E-state index in [9.17, 15) is 18.0 Å². The standard InChI is InChI=1S/C14H9ClF3NO2/c15-10-3-6-12(19-8-10)13(20)7-9-1-4-11(5-2-9)21-14(16,17)18/h1-6,8H,7H2. The molecule has 2 rings (SSSR count). The summed E-state index contributed by atoms with van der Waals surface area (Å²) >= 11 is 5.67. The van der Waals surface area contributed by atoms with Crippen LogP contribution in [0.1, 0.15) is 16.1 Å². The number of halogens is 4. The number of carbonyl (C=O) groups is 1. The van der Waals surface area contributed by atoms with Gasteiger partial charge in [-0.1, -0.05) is 23.7 Å². The number of rotatable bonds is 4. The van der Waals surface area contributed by atoms with Gasteiger partial charge in [-0.25, -0.2) is 0 Å². The lowest BCUT2D eigenvalue weighted by Gasteiger charge is -2.09. The average Bonchev–Trinajstić information content (AvgIpc) is 2.40. The molecule has 0 amide bonds. The third kappa shape index (κ3) is 4.75. The van der Waals surface area contributed by atoms with Crippen molar-refractivity contribution in [3.05, 3.63) is 58.9 Å². The van der Waals surface area contributed by atoms with Crippen molar-refractivity contribution in [2.75, 3.05) is 0 Å². The summed E-state index contributed by atoms with van der Waals surface area (Å²) in [5, 5.41) is 0.417. The van der Waals surface area contributed by atoms with Gasteiger partial charge in [0.2, 0.25) is 0 Å². The SMILES string of the molecule is O=C(Cc1ccc(OC(F)(F)F)cc1)c1ccc(Cl)cn1. The molecule has 110 valence electrons. The lowest BCUT2D eigenvalue weighted by molar-refractivity contribution is -0.274. The molecule has 1 heterocycles. The first-order valence-electron chi connectivity index (χ1n) is 5.83. The number of nitrogens with zero attached hydrogens (tertiary/aromatic N) is 1. The van der Waals surface area contributed by atoms with Crippen LogP contribution in [0, 0.1) is 0 Å². The molecule has 0 radical (unpaired) electrons. The first-order valence-corrected chi connectivity index (χ1v) is 6.21. The second kappa shape index (κ2) is 6.13. The van der Waals surface area contributed by atoms with E-state index < -0.39 is 6.36 Å². The molecule has 0 bridgehead atoms. The summed E-state index contributed by atoms with van der Waals surface area (Å²) in [7, 11) is 0. The van der Waals surface area contributed by atoms with Crippen molar-refractivity contribution < 1.29 is 22.7 Å². The van der Waals surface area contributed by atoms with Crippen LogP contribution < -0.4 is 4.74 Å². The Hall–Kier alpha value is -2.08. The van der Waals surface area contributed by atoms with Crippen LogP contribution >= 0.6 is 11.6 Å². The van der Waals surface area contributed by atoms with Crippen molar-refractivity contribution in [2.24, 2.45) is 0 Å². The second-order valence-electron chi connectivity index (χ2n) is 4.15. The van der Waals surface area contributed by atoms with Crippen LogP contribution in [0.3, 0.4) is 0 Å². The summed E-state index contributed by atoms with van der Waals surface area (Å²) in [6.45, 7) is 0. The predicted octanol–water partition coefficient (Wildman–Crippen LogP) is 4.06. The van der Waals surface area contributed by atoms with Crippen molar-refractivity contribution in [3.8, 4) is 5.75 Å². The van der Waals surface area contributed by atoms with E-state index in [-0.39, 0.29) is 23.6 Å². The molecular weight excluding hydrogens is 307 g/mol. The van der Waals surface area contributed by atoms with Gasteiger partial charge in [0.05, 0.1) is 5.02 Å². The first-order chi connectivity index (χ1) is 9.83. The molecule has 0 saturated carbocycles. The summed E-state index contributed by atoms with van der Waals surface area (Å²) in [6, 6.07) is 8.15. The molecule has 0 N–H and O–H groups in total. The summed E-state index contributed by atoms with van der Waals surface area (Å²) < 4.78 is 39.8. The lowest BCUT2D eigenvalue weighted by atomic mass is 10.1. The highest BCUT2D eigenvalue weighted by atomic mass is 35.5. The topological polar surface area (TPSA) is 39.2 Å². The molecule has 0 aliphatic rings. The van der Waals surface area contributed by atoms with Gasteiger partial charge >= 0.3 is 6.36 Å². The number of pyridine rings is 1. The number of hydrogen-bond acceptors (Lipinski definition) is 3. The Bertz CT molecular complexity index is 624. The fraction of sp³-hybridized carbons (Fsp3) is 0.143. The van der Waals surface area contributed by atoms with Crippen molar-refractivity contribution in [1.82, 2.24) is 4.98 Å². The Morgan fingerprint density at radius 1 is 1.14 bits per heavy atom. The van der Waals surface area contributed by atoms with Gasteiger partial charge in [0, 0.05) is 12.6 Å². The highest BCUT2D eigenvalue weighted by Crippen LogP contribution is 2.23. The van der Waals surface area contributed by atoms with Crippen LogP contribution in [0.5, 0.6) is 5.75 Å². The van der Waals surface area contributed by atoms with E-state index in [0.29, 0.717) is 10.6 Å². The van der Waals surface area contributed by atoms with E-state index in [0.717, 1.165) is 12.1 Å². The predicted molar refractivity (Wildman–Crippen MR) is 70.4 cm³/mol. The molecule has 7 heteroatoms. The summed E-state index contributed by atoms with van der Waals surface area (Å²) in [5.74, 6) is -0.584. The number of benzene rings is 1. The van der Waals surface area contributed by atoms with E-state index in [2.05, 4.69) is 9.72 Å². The summed E-state index contributed by atoms with van der Waals surface area (Å²) in [6.07, 6.45) is -3.35. The molecule has 0 atom stereocenters. The minimum Gasteiger partial charge on any atom is -0.406 e. The van der Waals surface area contributed by atoms with Gasteiger partial charge in [-0.05, 0) is 29.8 Å². The maximum absolute atomic E-state index is 12.0. The second-order valence-corrected chi connectivity index (χ2v) is 4.59. The zero-order valence-corrected chi connectivity index (χ0v) is 11.3. The van der Waals surface area contributed by atoms with Gasteiger partial charge in [-0.15, -0.1) is 13.2 Å². The number of hydrogen-bond donors (Lipinski definition) is 0. The Kier molecular flexibility index (Phi) is 4.47. The van der Waals surface area contributed by atoms with E-state index in [1.165, 1.54) is 24.4 Å². The monoisotopic (exact) mass is 315 g/mol. The lowest BCUT2D eigenvalue weighted by Crippen LogP contribution is -2.17. The van der Waals surface area contributed by atoms with Gasteiger partial charge < -0.3 is 4.74 Å². The minimum atomic E-state index is -4.73. The van der Waals surface area contributed by atoms with Crippen LogP contribution in [0.2, 0.25) is 5.02 Å². The van der Waals surface area contributed by atoms with E-state index in [4.69, 9.17) is 11.6 Å². The summed E-state index contributed by atoms with van der Waals surface area (Å²) in [5.41, 5.74) is 0.807. The van der Waals surface area contributed by atoms with Gasteiger partial charge in [0.15, 0.2) is 5.78 Å². The highest BCUT2D eigenvalue weighted by Gasteiger charge is 2.30. The number of ketones is 1. The molecule has 0 spiro atoms. The van der Waals surface area contributed by atoms with Crippen LogP contribution in [0.25, 0.3) is 0 Å². The molecule has 0 saturated heterocycles. The van der Waals surface area contributed by atoms with E-state index >= 15 is 0 Å². The average molecular weight is 316 g/mol. The van der Waals surface area contributed by atoms with E-state index in [1.807, 2.05) is 0 Å². The molecule has 1 aromatic carbocycles. The zero-order valence-electron chi connectivity index (χ0n) is 10.5. The maximum Gasteiger partial charge on any atom is 0.573 e. The minimum absolute atomic E-state index is 0.0287. The molecule has 0 unspecified atom stereocenters. The van der Waals surface area contributed by atoms with Crippen molar-refractivity contribution >= 4 is 17.4 Å². The molecule has 0 aliphatic heterocycles. The number of carbonyl (C=O) groups excluding carboxylic acids is 1. The van der Waals surface area contributed by atoms with Crippen LogP contribution in [0.4, 0.5) is 13.2 Å². The number of Topliss-reactive ketones (excluding diaryl/α,β-unsaturated/α-hetero) is 1. The number of aromatic nitrogens is 1. The molecule has 21 heavy (non-hydrogen) atoms. The van der Waals surface area contributed by atoms with Gasteiger partial charge in [0.1, 0.15) is 11.4 Å². The quantitative estimate of drug-likeness (QED) is 0.799. The van der Waals surface area contributed by atoms with Crippen LogP contribution in [0.15, 0.2) is 42.6 Å². The Balaban J connectivity index is 2.03. The highest BCUT2D eigenvalue weighted by molar-refractivity contribution is 6.30. The van der Waals surface area contributed by atoms with E-state index in [1.54, 1.807) is 6.07 Å². The fourth-order valence-corrected chi connectivity index (χ4v) is 1.74. The summed E-state index contributed by atoms with van der Waals surface area (Å²) in [4.78, 5) is 15.8. The normalized spacial score (nSPS) is 11.2. The van der Waals surface area contributed by atoms with Crippen molar-refractivity contribution in [3.63, 3.8) is 0 Å². The van der Waals surface area contributed by atoms with Gasteiger partial charge in [0.25, 0.3) is 0 Å². The number of ether oxygens (including phenoxy) is 1. The third-order valence-corrected chi connectivity index (χ3v) is 2.76. The first kappa shape index (κ1) is 15.3. The smallest absolute Gasteiger partial charge is 0.406 e. The molecule has 3 nitrogen and oxygen atoms in total. The Morgan fingerprint density at radius 3 is 2.33 bits per heavy atom. The maximum atomic E-state index is 12.0. The fourth-order valence-electron chi connectivity index (χ4n) is 1.63.